The molecule has 0 bridgehead atoms. The molecule has 3 nitrogen and oxygen atoms in total. The van der Waals surface area contributed by atoms with E-state index < -0.39 is 6.09 Å². The molecule has 0 rings (SSSR count). The molecule has 0 aromatic heterocycles. The van der Waals surface area contributed by atoms with Crippen LogP contribution in [0.3, 0.4) is 0 Å². The van der Waals surface area contributed by atoms with Gasteiger partial charge in [-0.25, -0.2) is 4.79 Å². The third kappa shape index (κ3) is 5.23. The second-order valence-electron chi connectivity index (χ2n) is 0.673. The largest absolute Gasteiger partial charge is 0.434 e. The summed E-state index contributed by atoms with van der Waals surface area (Å²) in [7, 11) is 1.77. The van der Waals surface area contributed by atoms with E-state index in [0.29, 0.717) is 0 Å². The molecule has 0 heterocycles. The first kappa shape index (κ1) is 11.8. The number of hydrogen-bond donors (Lipinski definition) is 2. The molecule has 1 unspecified atom stereocenters. The Labute approximate surface area is 75.2 Å². The third-order valence-corrected chi connectivity index (χ3v) is 0.792. The average molecular weight is 253 g/mol. The molecule has 0 aromatic rings. The van der Waals surface area contributed by atoms with Gasteiger partial charge in [0.25, 0.3) is 0 Å². The van der Waals surface area contributed by atoms with Gasteiger partial charge >= 0.3 is 6.09 Å². The summed E-state index contributed by atoms with van der Waals surface area (Å²) in [6.45, 7) is 0. The Kier molecular flexibility index (Phi) is 9.19. The normalized spacial score (nSPS) is 6.88. The Morgan fingerprint density at radius 1 is 1.62 bits per heavy atom. The van der Waals surface area contributed by atoms with Gasteiger partial charge < -0.3 is 4.52 Å². The average Bonchev–Trinajstić information content (AvgIpc) is 1.65. The number of nitrogens with zero attached hydrogens (tertiary/aromatic N) is 1. The van der Waals surface area contributed by atoms with Crippen molar-refractivity contribution in [2.75, 3.05) is 0 Å². The van der Waals surface area contributed by atoms with E-state index in [-0.39, 0.29) is 21.1 Å². The van der Waals surface area contributed by atoms with Gasteiger partial charge in [-0.05, 0) is 25.6 Å². The van der Waals surface area contributed by atoms with Gasteiger partial charge in [0.15, 0.2) is 0 Å². The number of hydrogen-bond acceptors (Lipinski definition) is 4. The van der Waals surface area contributed by atoms with Crippen LogP contribution in [0.25, 0.3) is 0 Å². The van der Waals surface area contributed by atoms with E-state index in [9.17, 15) is 4.79 Å². The van der Waals surface area contributed by atoms with Gasteiger partial charge in [0.05, 0.1) is 9.47 Å². The second kappa shape index (κ2) is 6.21. The van der Waals surface area contributed by atoms with Crippen molar-refractivity contribution in [1.29, 1.82) is 0 Å². The maximum absolute atomic E-state index is 10.0. The van der Waals surface area contributed by atoms with Crippen LogP contribution >= 0.6 is 35.1 Å². The molecule has 0 aromatic carbocycles. The first-order valence-corrected chi connectivity index (χ1v) is 2.54. The molecular formula is CH4MoNO2PS2. The van der Waals surface area contributed by atoms with Crippen molar-refractivity contribution in [2.24, 2.45) is 0 Å². The summed E-state index contributed by atoms with van der Waals surface area (Å²) in [5.41, 5.74) is 0. The predicted octanol–water partition coefficient (Wildman–Crippen LogP) is 0.902. The molecule has 1 atom stereocenters. The molecule has 0 N–H and O–H groups in total. The zero-order valence-corrected chi connectivity index (χ0v) is 8.59. The van der Waals surface area contributed by atoms with Gasteiger partial charge in [0.1, 0.15) is 0 Å². The molecule has 0 saturated heterocycles. The molecule has 1 amide bonds. The zero-order valence-electron chi connectivity index (χ0n) is 3.64. The van der Waals surface area contributed by atoms with E-state index in [1.807, 2.05) is 0 Å². The number of carbonyl (C=O) groups excluding carboxylic acids is 1. The summed E-state index contributed by atoms with van der Waals surface area (Å²) >= 11 is 6.97. The molecule has 0 aliphatic rings. The van der Waals surface area contributed by atoms with Crippen LogP contribution in [0.15, 0.2) is 0 Å². The van der Waals surface area contributed by atoms with Crippen LogP contribution in [0.4, 0.5) is 4.79 Å². The third-order valence-electron chi connectivity index (χ3n) is 0.264. The van der Waals surface area contributed by atoms with Crippen molar-refractivity contribution in [2.45, 2.75) is 0 Å². The Morgan fingerprint density at radius 2 is 2.00 bits per heavy atom. The van der Waals surface area contributed by atoms with Crippen molar-refractivity contribution in [3.63, 3.8) is 0 Å². The van der Waals surface area contributed by atoms with Gasteiger partial charge in [-0.1, -0.05) is 0 Å². The Morgan fingerprint density at radius 3 is 2.00 bits per heavy atom. The molecule has 0 aliphatic carbocycles. The fraction of sp³-hybridized carbons (Fsp3) is 0. The van der Waals surface area contributed by atoms with E-state index in [1.165, 1.54) is 0 Å². The Bertz CT molecular complexity index is 80.4. The molecule has 0 aliphatic heterocycles. The van der Waals surface area contributed by atoms with Crippen LogP contribution in [0.1, 0.15) is 0 Å². The SMILES string of the molecule is O=C(OP)N(S)S.[Mo]. The van der Waals surface area contributed by atoms with Crippen molar-refractivity contribution in [1.82, 2.24) is 3.71 Å². The van der Waals surface area contributed by atoms with Crippen molar-refractivity contribution in [3.05, 3.63) is 0 Å². The summed E-state index contributed by atoms with van der Waals surface area (Å²) in [6.07, 6.45) is -0.628. The maximum Gasteiger partial charge on any atom is 0.432 e. The fourth-order valence-electron chi connectivity index (χ4n) is 0.0471. The monoisotopic (exact) mass is 255 g/mol. The fourth-order valence-corrected chi connectivity index (χ4v) is 0.424. The number of amides is 1. The van der Waals surface area contributed by atoms with Crippen LogP contribution in [-0.4, -0.2) is 9.80 Å². The van der Waals surface area contributed by atoms with E-state index in [0.717, 1.165) is 3.71 Å². The van der Waals surface area contributed by atoms with Gasteiger partial charge in [-0.2, -0.15) is 3.71 Å². The number of rotatable bonds is 0. The van der Waals surface area contributed by atoms with Crippen LogP contribution in [-0.2, 0) is 25.6 Å². The molecule has 0 radical (unpaired) electrons. The Balaban J connectivity index is 0. The van der Waals surface area contributed by atoms with E-state index >= 15 is 0 Å². The molecule has 48 valence electrons. The van der Waals surface area contributed by atoms with Crippen molar-refractivity contribution in [3.8, 4) is 0 Å². The maximum atomic E-state index is 10.0. The summed E-state index contributed by atoms with van der Waals surface area (Å²) < 4.78 is 4.79. The minimum Gasteiger partial charge on any atom is -0.434 e. The summed E-state index contributed by atoms with van der Waals surface area (Å²) in [6, 6.07) is 0. The van der Waals surface area contributed by atoms with E-state index in [2.05, 4.69) is 30.2 Å². The van der Waals surface area contributed by atoms with Crippen LogP contribution in [0, 0.1) is 0 Å². The van der Waals surface area contributed by atoms with Crippen LogP contribution in [0.2, 0.25) is 0 Å². The Hall–Kier alpha value is 1.09. The van der Waals surface area contributed by atoms with E-state index in [4.69, 9.17) is 0 Å². The van der Waals surface area contributed by atoms with Gasteiger partial charge in [-0.3, -0.25) is 0 Å². The first-order chi connectivity index (χ1) is 3.18. The molecule has 0 saturated carbocycles. The number of carbonyl (C=O) groups is 1. The quantitative estimate of drug-likeness (QED) is 0.381. The van der Waals surface area contributed by atoms with E-state index in [1.54, 1.807) is 9.47 Å². The second-order valence-corrected chi connectivity index (χ2v) is 2.02. The summed E-state index contributed by atoms with van der Waals surface area (Å²) in [5, 5.41) is 0. The van der Waals surface area contributed by atoms with Gasteiger partial charge in [0.2, 0.25) is 0 Å². The number of thiol groups is 2. The zero-order chi connectivity index (χ0) is 5.86. The summed E-state index contributed by atoms with van der Waals surface area (Å²) in [4.78, 5) is 10.0. The minimum atomic E-state index is -0.628. The van der Waals surface area contributed by atoms with Crippen LogP contribution in [0.5, 0.6) is 0 Å². The summed E-state index contributed by atoms with van der Waals surface area (Å²) in [5.74, 6) is 0. The smallest absolute Gasteiger partial charge is 0.432 e. The van der Waals surface area contributed by atoms with Crippen LogP contribution < -0.4 is 0 Å². The minimum absolute atomic E-state index is 0. The van der Waals surface area contributed by atoms with Crippen molar-refractivity contribution < 1.29 is 30.4 Å². The predicted molar refractivity (Wildman–Crippen MR) is 36.0 cm³/mol. The van der Waals surface area contributed by atoms with Gasteiger partial charge in [0, 0.05) is 21.1 Å². The van der Waals surface area contributed by atoms with Gasteiger partial charge in [-0.15, -0.1) is 0 Å². The molecule has 7 heteroatoms. The topological polar surface area (TPSA) is 29.5 Å². The standard InChI is InChI=1S/CH4NO2PS2.Mo/c3-1(4-5)2(6)7;/h6-7H,5H2;. The molecule has 0 fully saturated rings. The molecule has 8 heavy (non-hydrogen) atoms. The molecular weight excluding hydrogens is 249 g/mol. The first-order valence-electron chi connectivity index (χ1n) is 1.27. The van der Waals surface area contributed by atoms with Crippen molar-refractivity contribution >= 4 is 41.2 Å². The molecule has 0 spiro atoms.